The maximum Gasteiger partial charge on any atom is 0.263 e. The smallest absolute Gasteiger partial charge is 0.263 e. The zero-order valence-corrected chi connectivity index (χ0v) is 18.4. The van der Waals surface area contributed by atoms with E-state index in [0.717, 1.165) is 16.8 Å². The second kappa shape index (κ2) is 8.58. The van der Waals surface area contributed by atoms with Crippen LogP contribution in [0.1, 0.15) is 35.9 Å². The van der Waals surface area contributed by atoms with Gasteiger partial charge in [-0.1, -0.05) is 12.1 Å². The number of carbonyl (C=O) groups excluding carboxylic acids is 1. The van der Waals surface area contributed by atoms with E-state index in [1.807, 2.05) is 35.9 Å². The molecule has 4 heterocycles. The van der Waals surface area contributed by atoms with Gasteiger partial charge in [-0.15, -0.1) is 0 Å². The average molecular weight is 428 g/mol. The van der Waals surface area contributed by atoms with E-state index in [1.165, 1.54) is 4.57 Å². The molecule has 0 spiro atoms. The van der Waals surface area contributed by atoms with E-state index < -0.39 is 5.91 Å². The molecular weight excluding hydrogens is 404 g/mol. The molecule has 1 N–H and O–H groups in total. The standard InChI is InChI=1S/C24H24N6O2/c1-15(2)30-12-11-26-22(30)20-8-5-9-21(27-20)28-23(31)19-13-17(14-29(4)24(19)32)18-7-6-10-25-16(18)3/h5-15H,1-4H3,(H,27,28,31). The Morgan fingerprint density at radius 2 is 1.91 bits per heavy atom. The molecule has 0 aliphatic carbocycles. The maximum absolute atomic E-state index is 13.0. The van der Waals surface area contributed by atoms with Gasteiger partial charge in [0.1, 0.15) is 17.1 Å². The lowest BCUT2D eigenvalue weighted by Crippen LogP contribution is -2.28. The van der Waals surface area contributed by atoms with Gasteiger partial charge in [-0.3, -0.25) is 14.6 Å². The normalized spacial score (nSPS) is 11.0. The van der Waals surface area contributed by atoms with Gasteiger partial charge >= 0.3 is 0 Å². The van der Waals surface area contributed by atoms with Crippen LogP contribution < -0.4 is 10.9 Å². The van der Waals surface area contributed by atoms with Crippen LogP contribution in [0, 0.1) is 6.92 Å². The summed E-state index contributed by atoms with van der Waals surface area (Å²) in [5.41, 5.74) is 2.69. The third-order valence-electron chi connectivity index (χ3n) is 5.19. The zero-order valence-electron chi connectivity index (χ0n) is 18.4. The number of nitrogens with one attached hydrogen (secondary N) is 1. The molecule has 0 fully saturated rings. The molecule has 0 unspecified atom stereocenters. The van der Waals surface area contributed by atoms with Gasteiger partial charge in [0.05, 0.1) is 0 Å². The molecule has 0 radical (unpaired) electrons. The van der Waals surface area contributed by atoms with Crippen molar-refractivity contribution in [2.24, 2.45) is 7.05 Å². The fraction of sp³-hybridized carbons (Fsp3) is 0.208. The summed E-state index contributed by atoms with van der Waals surface area (Å²) >= 11 is 0. The molecule has 4 rings (SSSR count). The van der Waals surface area contributed by atoms with E-state index >= 15 is 0 Å². The highest BCUT2D eigenvalue weighted by molar-refractivity contribution is 6.04. The first kappa shape index (κ1) is 21.2. The van der Waals surface area contributed by atoms with E-state index in [4.69, 9.17) is 0 Å². The Bertz CT molecular complexity index is 1350. The highest BCUT2D eigenvalue weighted by Crippen LogP contribution is 2.23. The van der Waals surface area contributed by atoms with Gasteiger partial charge in [-0.05, 0) is 45.0 Å². The van der Waals surface area contributed by atoms with Crippen LogP contribution in [-0.2, 0) is 7.05 Å². The van der Waals surface area contributed by atoms with Crippen molar-refractivity contribution < 1.29 is 4.79 Å². The first-order chi connectivity index (χ1) is 15.3. The Kier molecular flexibility index (Phi) is 5.68. The Hall–Kier alpha value is -4.07. The molecule has 32 heavy (non-hydrogen) atoms. The van der Waals surface area contributed by atoms with Gasteiger partial charge in [0, 0.05) is 54.7 Å². The number of anilines is 1. The van der Waals surface area contributed by atoms with Crippen molar-refractivity contribution in [3.05, 3.63) is 82.8 Å². The van der Waals surface area contributed by atoms with Crippen LogP contribution in [-0.4, -0.2) is 30.0 Å². The molecule has 0 bridgehead atoms. The number of imidazole rings is 1. The fourth-order valence-electron chi connectivity index (χ4n) is 3.55. The van der Waals surface area contributed by atoms with Crippen LogP contribution in [0.5, 0.6) is 0 Å². The van der Waals surface area contributed by atoms with Crippen LogP contribution in [0.4, 0.5) is 5.82 Å². The number of aryl methyl sites for hydroxylation is 2. The van der Waals surface area contributed by atoms with Gasteiger partial charge in [-0.25, -0.2) is 9.97 Å². The Balaban J connectivity index is 1.67. The van der Waals surface area contributed by atoms with Crippen molar-refractivity contribution >= 4 is 11.7 Å². The largest absolute Gasteiger partial charge is 0.327 e. The highest BCUT2D eigenvalue weighted by Gasteiger charge is 2.17. The number of pyridine rings is 3. The van der Waals surface area contributed by atoms with Crippen molar-refractivity contribution in [2.45, 2.75) is 26.8 Å². The Morgan fingerprint density at radius 3 is 2.66 bits per heavy atom. The van der Waals surface area contributed by atoms with Crippen LogP contribution in [0.3, 0.4) is 0 Å². The van der Waals surface area contributed by atoms with Crippen molar-refractivity contribution in [3.63, 3.8) is 0 Å². The predicted octanol–water partition coefficient (Wildman–Crippen LogP) is 3.85. The molecular formula is C24H24N6O2. The summed E-state index contributed by atoms with van der Waals surface area (Å²) in [6, 6.07) is 10.9. The summed E-state index contributed by atoms with van der Waals surface area (Å²) < 4.78 is 3.41. The minimum atomic E-state index is -0.522. The third-order valence-corrected chi connectivity index (χ3v) is 5.19. The molecule has 1 amide bonds. The summed E-state index contributed by atoms with van der Waals surface area (Å²) in [6.45, 7) is 6.00. The topological polar surface area (TPSA) is 94.7 Å². The third kappa shape index (κ3) is 4.07. The lowest BCUT2D eigenvalue weighted by molar-refractivity contribution is 0.102. The van der Waals surface area contributed by atoms with Crippen LogP contribution >= 0.6 is 0 Å². The highest BCUT2D eigenvalue weighted by atomic mass is 16.2. The minimum Gasteiger partial charge on any atom is -0.327 e. The van der Waals surface area contributed by atoms with E-state index in [1.54, 1.807) is 43.8 Å². The lowest BCUT2D eigenvalue weighted by atomic mass is 10.0. The first-order valence-electron chi connectivity index (χ1n) is 10.3. The number of hydrogen-bond acceptors (Lipinski definition) is 5. The van der Waals surface area contributed by atoms with E-state index in [-0.39, 0.29) is 17.2 Å². The molecule has 8 nitrogen and oxygen atoms in total. The van der Waals surface area contributed by atoms with Gasteiger partial charge in [0.15, 0.2) is 5.82 Å². The molecule has 0 aromatic carbocycles. The molecule has 0 aliphatic heterocycles. The minimum absolute atomic E-state index is 0.0316. The second-order valence-corrected chi connectivity index (χ2v) is 7.81. The van der Waals surface area contributed by atoms with E-state index in [9.17, 15) is 9.59 Å². The van der Waals surface area contributed by atoms with Crippen LogP contribution in [0.25, 0.3) is 22.6 Å². The Morgan fingerprint density at radius 1 is 1.09 bits per heavy atom. The van der Waals surface area contributed by atoms with Gasteiger partial charge < -0.3 is 14.5 Å². The number of rotatable bonds is 5. The second-order valence-electron chi connectivity index (χ2n) is 7.81. The molecule has 4 aromatic heterocycles. The fourth-order valence-corrected chi connectivity index (χ4v) is 3.55. The number of hydrogen-bond donors (Lipinski definition) is 1. The van der Waals surface area contributed by atoms with Gasteiger partial charge in [-0.2, -0.15) is 0 Å². The molecule has 0 saturated carbocycles. The summed E-state index contributed by atoms with van der Waals surface area (Å²) in [7, 11) is 1.62. The molecule has 0 aliphatic rings. The number of aromatic nitrogens is 5. The lowest BCUT2D eigenvalue weighted by Gasteiger charge is -2.12. The van der Waals surface area contributed by atoms with Crippen LogP contribution in [0.15, 0.2) is 66.0 Å². The quantitative estimate of drug-likeness (QED) is 0.521. The Labute approximate surface area is 185 Å². The number of nitrogens with zero attached hydrogens (tertiary/aromatic N) is 5. The van der Waals surface area contributed by atoms with Crippen molar-refractivity contribution in [3.8, 4) is 22.6 Å². The van der Waals surface area contributed by atoms with Crippen molar-refractivity contribution in [1.29, 1.82) is 0 Å². The molecule has 0 atom stereocenters. The maximum atomic E-state index is 13.0. The monoisotopic (exact) mass is 428 g/mol. The summed E-state index contributed by atoms with van der Waals surface area (Å²) in [4.78, 5) is 39.0. The summed E-state index contributed by atoms with van der Waals surface area (Å²) in [5.74, 6) is 0.530. The molecule has 162 valence electrons. The summed E-state index contributed by atoms with van der Waals surface area (Å²) in [5, 5.41) is 2.75. The summed E-state index contributed by atoms with van der Waals surface area (Å²) in [6.07, 6.45) is 7.02. The van der Waals surface area contributed by atoms with Gasteiger partial charge in [0.25, 0.3) is 11.5 Å². The van der Waals surface area contributed by atoms with Gasteiger partial charge in [0.2, 0.25) is 0 Å². The molecule has 8 heteroatoms. The predicted molar refractivity (Wildman–Crippen MR) is 123 cm³/mol. The number of carbonyl (C=O) groups is 1. The van der Waals surface area contributed by atoms with Crippen LogP contribution in [0.2, 0.25) is 0 Å². The number of amides is 1. The SMILES string of the molecule is Cc1ncccc1-c1cc(C(=O)Nc2cccc(-c3nccn3C(C)C)n2)c(=O)n(C)c1. The van der Waals surface area contributed by atoms with E-state index in [0.29, 0.717) is 17.3 Å². The molecule has 0 saturated heterocycles. The first-order valence-corrected chi connectivity index (χ1v) is 10.3. The van der Waals surface area contributed by atoms with E-state index in [2.05, 4.69) is 34.1 Å². The van der Waals surface area contributed by atoms with Crippen molar-refractivity contribution in [1.82, 2.24) is 24.1 Å². The van der Waals surface area contributed by atoms with Crippen molar-refractivity contribution in [2.75, 3.05) is 5.32 Å². The zero-order chi connectivity index (χ0) is 22.8. The average Bonchev–Trinajstić information content (AvgIpc) is 3.26. The molecule has 4 aromatic rings.